The fourth-order valence-electron chi connectivity index (χ4n) is 2.38. The highest BCUT2D eigenvalue weighted by atomic mass is 32.2. The summed E-state index contributed by atoms with van der Waals surface area (Å²) in [4.78, 5) is 14.3. The van der Waals surface area contributed by atoms with Gasteiger partial charge in [0.1, 0.15) is 0 Å². The summed E-state index contributed by atoms with van der Waals surface area (Å²) in [6, 6.07) is 0. The summed E-state index contributed by atoms with van der Waals surface area (Å²) in [6.45, 7) is 4.12. The Labute approximate surface area is 90.4 Å². The van der Waals surface area contributed by atoms with E-state index in [1.807, 2.05) is 11.8 Å². The zero-order valence-corrected chi connectivity index (χ0v) is 9.74. The van der Waals surface area contributed by atoms with Gasteiger partial charge in [0.15, 0.2) is 0 Å². The third kappa shape index (κ3) is 1.92. The van der Waals surface area contributed by atoms with Crippen LogP contribution in [0.15, 0.2) is 0 Å². The van der Waals surface area contributed by atoms with Crippen molar-refractivity contribution < 1.29 is 4.79 Å². The molecule has 2 saturated heterocycles. The van der Waals surface area contributed by atoms with Crippen LogP contribution in [0.25, 0.3) is 0 Å². The molecule has 0 N–H and O–H groups in total. The average molecular weight is 213 g/mol. The minimum Gasteiger partial charge on any atom is -0.342 e. The number of carbonyl (C=O) groups is 1. The molecule has 0 radical (unpaired) electrons. The van der Waals surface area contributed by atoms with Gasteiger partial charge in [-0.2, -0.15) is 0 Å². The lowest BCUT2D eigenvalue weighted by atomic mass is 10.0. The number of thioether (sulfide) groups is 1. The summed E-state index contributed by atoms with van der Waals surface area (Å²) < 4.78 is -0.0860. The fourth-order valence-corrected chi connectivity index (χ4v) is 3.66. The van der Waals surface area contributed by atoms with Gasteiger partial charge in [-0.15, -0.1) is 11.8 Å². The molecule has 0 aromatic carbocycles. The monoisotopic (exact) mass is 213 g/mol. The van der Waals surface area contributed by atoms with Gasteiger partial charge >= 0.3 is 0 Å². The van der Waals surface area contributed by atoms with Crippen LogP contribution in [0.1, 0.15) is 39.0 Å². The zero-order chi connectivity index (χ0) is 10.0. The number of amides is 1. The molecule has 3 heteroatoms. The standard InChI is InChI=1S/C11H19NOS/c1-11(6-5-9-14-11)10(13)12-7-3-2-4-8-12/h2-9H2,1H3. The third-order valence-corrected chi connectivity index (χ3v) is 4.82. The van der Waals surface area contributed by atoms with Gasteiger partial charge < -0.3 is 4.90 Å². The van der Waals surface area contributed by atoms with Crippen LogP contribution in [0, 0.1) is 0 Å². The Bertz CT molecular complexity index is 217. The maximum absolute atomic E-state index is 12.2. The maximum atomic E-state index is 12.2. The Hall–Kier alpha value is -0.180. The summed E-state index contributed by atoms with van der Waals surface area (Å²) in [7, 11) is 0. The van der Waals surface area contributed by atoms with Crippen LogP contribution in [-0.2, 0) is 4.79 Å². The number of likely N-dealkylation sites (tertiary alicyclic amines) is 1. The highest BCUT2D eigenvalue weighted by molar-refractivity contribution is 8.01. The van der Waals surface area contributed by atoms with Gasteiger partial charge in [0, 0.05) is 13.1 Å². The van der Waals surface area contributed by atoms with E-state index >= 15 is 0 Å². The van der Waals surface area contributed by atoms with E-state index in [2.05, 4.69) is 11.8 Å². The number of piperidine rings is 1. The van der Waals surface area contributed by atoms with Crippen LogP contribution in [0.5, 0.6) is 0 Å². The molecule has 0 aromatic rings. The minimum atomic E-state index is -0.0860. The van der Waals surface area contributed by atoms with Gasteiger partial charge in [0.25, 0.3) is 0 Å². The van der Waals surface area contributed by atoms with Gasteiger partial charge in [-0.3, -0.25) is 4.79 Å². The van der Waals surface area contributed by atoms with E-state index in [-0.39, 0.29) is 4.75 Å². The maximum Gasteiger partial charge on any atom is 0.238 e. The van der Waals surface area contributed by atoms with Crippen molar-refractivity contribution in [2.75, 3.05) is 18.8 Å². The summed E-state index contributed by atoms with van der Waals surface area (Å²) >= 11 is 1.86. The Morgan fingerprint density at radius 3 is 2.50 bits per heavy atom. The molecule has 2 aliphatic heterocycles. The predicted molar refractivity (Wildman–Crippen MR) is 60.5 cm³/mol. The van der Waals surface area contributed by atoms with Crippen LogP contribution < -0.4 is 0 Å². The largest absolute Gasteiger partial charge is 0.342 e. The first-order valence-corrected chi connectivity index (χ1v) is 6.64. The molecule has 14 heavy (non-hydrogen) atoms. The van der Waals surface area contributed by atoms with Gasteiger partial charge in [-0.1, -0.05) is 0 Å². The minimum absolute atomic E-state index is 0.0860. The third-order valence-electron chi connectivity index (χ3n) is 3.31. The highest BCUT2D eigenvalue weighted by Crippen LogP contribution is 2.39. The smallest absolute Gasteiger partial charge is 0.238 e. The first-order chi connectivity index (χ1) is 6.72. The summed E-state index contributed by atoms with van der Waals surface area (Å²) in [5.74, 6) is 1.57. The van der Waals surface area contributed by atoms with Gasteiger partial charge in [-0.25, -0.2) is 0 Å². The van der Waals surface area contributed by atoms with Crippen LogP contribution >= 0.6 is 11.8 Å². The number of hydrogen-bond donors (Lipinski definition) is 0. The van der Waals surface area contributed by atoms with E-state index in [4.69, 9.17) is 0 Å². The van der Waals surface area contributed by atoms with Crippen molar-refractivity contribution in [3.05, 3.63) is 0 Å². The predicted octanol–water partition coefficient (Wildman–Crippen LogP) is 2.28. The number of nitrogens with zero attached hydrogens (tertiary/aromatic N) is 1. The molecule has 0 saturated carbocycles. The molecule has 0 bridgehead atoms. The van der Waals surface area contributed by atoms with Crippen molar-refractivity contribution in [1.82, 2.24) is 4.90 Å². The second kappa shape index (κ2) is 4.13. The molecule has 2 heterocycles. The second-order valence-corrected chi connectivity index (χ2v) is 6.13. The van der Waals surface area contributed by atoms with Gasteiger partial charge in [0.2, 0.25) is 5.91 Å². The fraction of sp³-hybridized carbons (Fsp3) is 0.909. The quantitative estimate of drug-likeness (QED) is 0.666. The topological polar surface area (TPSA) is 20.3 Å². The van der Waals surface area contributed by atoms with Crippen molar-refractivity contribution in [2.45, 2.75) is 43.8 Å². The Morgan fingerprint density at radius 2 is 1.93 bits per heavy atom. The van der Waals surface area contributed by atoms with Crippen molar-refractivity contribution in [3.63, 3.8) is 0 Å². The molecule has 1 amide bonds. The van der Waals surface area contributed by atoms with Crippen molar-refractivity contribution in [2.24, 2.45) is 0 Å². The van der Waals surface area contributed by atoms with Crippen molar-refractivity contribution in [1.29, 1.82) is 0 Å². The Balaban J connectivity index is 1.98. The molecule has 1 atom stereocenters. The molecule has 0 aromatic heterocycles. The summed E-state index contributed by atoms with van der Waals surface area (Å²) in [5.41, 5.74) is 0. The van der Waals surface area contributed by atoms with Crippen molar-refractivity contribution >= 4 is 17.7 Å². The number of rotatable bonds is 1. The lowest BCUT2D eigenvalue weighted by Crippen LogP contribution is -2.46. The van der Waals surface area contributed by atoms with E-state index in [0.29, 0.717) is 5.91 Å². The normalized spacial score (nSPS) is 33.4. The van der Waals surface area contributed by atoms with Crippen LogP contribution in [0.4, 0.5) is 0 Å². The second-order valence-electron chi connectivity index (χ2n) is 4.54. The number of carbonyl (C=O) groups excluding carboxylic acids is 1. The molecular formula is C11H19NOS. The average Bonchev–Trinajstić information content (AvgIpc) is 2.67. The highest BCUT2D eigenvalue weighted by Gasteiger charge is 2.40. The molecule has 2 fully saturated rings. The molecule has 2 aliphatic rings. The SMILES string of the molecule is CC1(C(=O)N2CCCCC2)CCCS1. The molecule has 2 rings (SSSR count). The van der Waals surface area contributed by atoms with Gasteiger partial charge in [0.05, 0.1) is 4.75 Å². The van der Waals surface area contributed by atoms with Crippen LogP contribution in [0.2, 0.25) is 0 Å². The lowest BCUT2D eigenvalue weighted by molar-refractivity contribution is -0.134. The van der Waals surface area contributed by atoms with E-state index < -0.39 is 0 Å². The first-order valence-electron chi connectivity index (χ1n) is 5.66. The Morgan fingerprint density at radius 1 is 1.21 bits per heavy atom. The first kappa shape index (κ1) is 10.3. The molecule has 2 nitrogen and oxygen atoms in total. The number of hydrogen-bond acceptors (Lipinski definition) is 2. The molecular weight excluding hydrogens is 194 g/mol. The van der Waals surface area contributed by atoms with E-state index in [1.165, 1.54) is 25.7 Å². The van der Waals surface area contributed by atoms with Crippen molar-refractivity contribution in [3.8, 4) is 0 Å². The lowest BCUT2D eigenvalue weighted by Gasteiger charge is -2.33. The zero-order valence-electron chi connectivity index (χ0n) is 8.92. The van der Waals surface area contributed by atoms with Gasteiger partial charge in [-0.05, 0) is 44.8 Å². The molecule has 0 aliphatic carbocycles. The summed E-state index contributed by atoms with van der Waals surface area (Å²) in [5, 5.41) is 0. The summed E-state index contributed by atoms with van der Waals surface area (Å²) in [6.07, 6.45) is 5.99. The van der Waals surface area contributed by atoms with E-state index in [1.54, 1.807) is 0 Å². The Kier molecular flexibility index (Phi) is 3.05. The molecule has 1 unspecified atom stereocenters. The van der Waals surface area contributed by atoms with Crippen LogP contribution in [-0.4, -0.2) is 34.4 Å². The molecule has 0 spiro atoms. The van der Waals surface area contributed by atoms with E-state index in [0.717, 1.165) is 25.3 Å². The molecule has 80 valence electrons. The van der Waals surface area contributed by atoms with Crippen LogP contribution in [0.3, 0.4) is 0 Å². The van der Waals surface area contributed by atoms with E-state index in [9.17, 15) is 4.79 Å².